The summed E-state index contributed by atoms with van der Waals surface area (Å²) in [6.07, 6.45) is 0.561. The van der Waals surface area contributed by atoms with E-state index in [4.69, 9.17) is 9.84 Å². The van der Waals surface area contributed by atoms with Crippen molar-refractivity contribution in [1.29, 1.82) is 0 Å². The predicted molar refractivity (Wildman–Crippen MR) is 73.1 cm³/mol. The molecule has 20 heavy (non-hydrogen) atoms. The first-order valence-electron chi connectivity index (χ1n) is 6.53. The van der Waals surface area contributed by atoms with E-state index in [1.165, 1.54) is 0 Å². The molecule has 0 saturated carbocycles. The molecular weight excluding hydrogens is 258 g/mol. The molecule has 6 heteroatoms. The van der Waals surface area contributed by atoms with Crippen LogP contribution in [0.2, 0.25) is 0 Å². The Morgan fingerprint density at radius 1 is 1.35 bits per heavy atom. The summed E-state index contributed by atoms with van der Waals surface area (Å²) < 4.78 is 7.17. The molecule has 0 amide bonds. The van der Waals surface area contributed by atoms with E-state index in [0.29, 0.717) is 25.3 Å². The third-order valence-corrected chi connectivity index (χ3v) is 2.97. The number of carboxylic acid groups (broad SMARTS) is 1. The van der Waals surface area contributed by atoms with Crippen LogP contribution in [0.15, 0.2) is 24.3 Å². The van der Waals surface area contributed by atoms with Gasteiger partial charge < -0.3 is 9.84 Å². The molecule has 0 radical (unpaired) electrons. The molecule has 0 bridgehead atoms. The number of nitrogens with zero attached hydrogens (tertiary/aromatic N) is 3. The van der Waals surface area contributed by atoms with Crippen molar-refractivity contribution in [3.63, 3.8) is 0 Å². The highest BCUT2D eigenvalue weighted by Crippen LogP contribution is 2.20. The number of para-hydroxylation sites is 1. The molecule has 2 rings (SSSR count). The van der Waals surface area contributed by atoms with Crippen LogP contribution in [0.25, 0.3) is 0 Å². The van der Waals surface area contributed by atoms with Crippen molar-refractivity contribution in [3.8, 4) is 5.75 Å². The Bertz CT molecular complexity index is 607. The normalized spacial score (nSPS) is 10.5. The Balaban J connectivity index is 2.33. The van der Waals surface area contributed by atoms with Gasteiger partial charge in [-0.15, -0.1) is 5.10 Å². The van der Waals surface area contributed by atoms with Crippen LogP contribution in [0.5, 0.6) is 5.75 Å². The van der Waals surface area contributed by atoms with E-state index in [2.05, 4.69) is 10.3 Å². The Morgan fingerprint density at radius 3 is 2.75 bits per heavy atom. The molecule has 1 aromatic carbocycles. The van der Waals surface area contributed by atoms with Gasteiger partial charge in [0.2, 0.25) is 0 Å². The van der Waals surface area contributed by atoms with Crippen molar-refractivity contribution in [2.45, 2.75) is 26.8 Å². The first-order chi connectivity index (χ1) is 9.67. The lowest BCUT2D eigenvalue weighted by Crippen LogP contribution is -2.09. The molecule has 0 fully saturated rings. The average Bonchev–Trinajstić information content (AvgIpc) is 2.84. The minimum Gasteiger partial charge on any atom is -0.494 e. The quantitative estimate of drug-likeness (QED) is 0.872. The zero-order valence-electron chi connectivity index (χ0n) is 11.5. The zero-order valence-corrected chi connectivity index (χ0v) is 11.5. The number of aromatic carboxylic acids is 1. The zero-order chi connectivity index (χ0) is 14.5. The molecule has 0 aliphatic rings. The highest BCUT2D eigenvalue weighted by molar-refractivity contribution is 5.86. The highest BCUT2D eigenvalue weighted by Gasteiger charge is 2.18. The van der Waals surface area contributed by atoms with E-state index < -0.39 is 5.97 Å². The largest absolute Gasteiger partial charge is 0.494 e. The number of carbonyl (C=O) groups is 1. The first-order valence-corrected chi connectivity index (χ1v) is 6.53. The van der Waals surface area contributed by atoms with Crippen LogP contribution in [0.1, 0.15) is 35.6 Å². The number of ether oxygens (including phenoxy) is 1. The summed E-state index contributed by atoms with van der Waals surface area (Å²) in [5.41, 5.74) is 1.58. The molecule has 1 N–H and O–H groups in total. The molecule has 0 atom stereocenters. The summed E-state index contributed by atoms with van der Waals surface area (Å²) in [5.74, 6) is -0.268. The summed E-state index contributed by atoms with van der Waals surface area (Å²) in [7, 11) is 0. The van der Waals surface area contributed by atoms with Crippen molar-refractivity contribution in [3.05, 3.63) is 41.2 Å². The summed E-state index contributed by atoms with van der Waals surface area (Å²) in [4.78, 5) is 11.1. The molecule has 6 nitrogen and oxygen atoms in total. The molecule has 0 aliphatic heterocycles. The fraction of sp³-hybridized carbons (Fsp3) is 0.357. The molecule has 1 aromatic heterocycles. The van der Waals surface area contributed by atoms with Crippen LogP contribution in [-0.2, 0) is 13.0 Å². The second-order valence-corrected chi connectivity index (χ2v) is 4.24. The lowest BCUT2D eigenvalue weighted by Gasteiger charge is -2.11. The lowest BCUT2D eigenvalue weighted by molar-refractivity contribution is 0.0689. The standard InChI is InChI=1S/C14H17N3O3/c1-3-11-13(14(18)19)15-16-17(11)9-10-7-5-6-8-12(10)20-4-2/h5-8H,3-4,9H2,1-2H3,(H,18,19). The molecule has 0 saturated heterocycles. The topological polar surface area (TPSA) is 77.2 Å². The number of carboxylic acids is 1. The van der Waals surface area contributed by atoms with Gasteiger partial charge in [0.05, 0.1) is 18.8 Å². The van der Waals surface area contributed by atoms with Gasteiger partial charge in [0.25, 0.3) is 0 Å². The highest BCUT2D eigenvalue weighted by atomic mass is 16.5. The second-order valence-electron chi connectivity index (χ2n) is 4.24. The van der Waals surface area contributed by atoms with Crippen molar-refractivity contribution in [1.82, 2.24) is 15.0 Å². The third kappa shape index (κ3) is 2.79. The molecule has 0 aliphatic carbocycles. The average molecular weight is 275 g/mol. The van der Waals surface area contributed by atoms with Crippen molar-refractivity contribution < 1.29 is 14.6 Å². The lowest BCUT2D eigenvalue weighted by atomic mass is 10.2. The number of hydrogen-bond acceptors (Lipinski definition) is 4. The van der Waals surface area contributed by atoms with Crippen LogP contribution in [-0.4, -0.2) is 32.7 Å². The van der Waals surface area contributed by atoms with Crippen LogP contribution >= 0.6 is 0 Å². The van der Waals surface area contributed by atoms with Gasteiger partial charge in [0.1, 0.15) is 5.75 Å². The Morgan fingerprint density at radius 2 is 2.10 bits per heavy atom. The van der Waals surface area contributed by atoms with E-state index in [1.807, 2.05) is 38.1 Å². The van der Waals surface area contributed by atoms with Gasteiger partial charge in [-0.25, -0.2) is 9.48 Å². The number of benzene rings is 1. The summed E-state index contributed by atoms with van der Waals surface area (Å²) in [6, 6.07) is 7.64. The van der Waals surface area contributed by atoms with Gasteiger partial charge in [-0.2, -0.15) is 0 Å². The van der Waals surface area contributed by atoms with Crippen LogP contribution in [0, 0.1) is 0 Å². The van der Waals surface area contributed by atoms with Crippen molar-refractivity contribution in [2.24, 2.45) is 0 Å². The maximum Gasteiger partial charge on any atom is 0.358 e. The SMILES string of the molecule is CCOc1ccccc1Cn1nnc(C(=O)O)c1CC. The van der Waals surface area contributed by atoms with E-state index in [1.54, 1.807) is 4.68 Å². The van der Waals surface area contributed by atoms with Crippen molar-refractivity contribution in [2.75, 3.05) is 6.61 Å². The predicted octanol–water partition coefficient (Wildman–Crippen LogP) is 1.99. The minimum absolute atomic E-state index is 0.0152. The van der Waals surface area contributed by atoms with Crippen LogP contribution in [0.3, 0.4) is 0 Å². The van der Waals surface area contributed by atoms with E-state index in [-0.39, 0.29) is 5.69 Å². The smallest absolute Gasteiger partial charge is 0.358 e. The molecule has 106 valence electrons. The molecular formula is C14H17N3O3. The van der Waals surface area contributed by atoms with Gasteiger partial charge in [0.15, 0.2) is 5.69 Å². The van der Waals surface area contributed by atoms with Gasteiger partial charge in [0, 0.05) is 5.56 Å². The number of aromatic nitrogens is 3. The maximum atomic E-state index is 11.1. The minimum atomic E-state index is -1.05. The molecule has 0 unspecified atom stereocenters. The van der Waals surface area contributed by atoms with Gasteiger partial charge >= 0.3 is 5.97 Å². The summed E-state index contributed by atoms with van der Waals surface area (Å²) in [6.45, 7) is 4.83. The fourth-order valence-electron chi connectivity index (χ4n) is 2.07. The van der Waals surface area contributed by atoms with Crippen LogP contribution < -0.4 is 4.74 Å². The van der Waals surface area contributed by atoms with E-state index >= 15 is 0 Å². The maximum absolute atomic E-state index is 11.1. The Labute approximate surface area is 117 Å². The number of rotatable bonds is 6. The molecule has 0 spiro atoms. The second kappa shape index (κ2) is 6.18. The first kappa shape index (κ1) is 14.0. The van der Waals surface area contributed by atoms with Gasteiger partial charge in [-0.1, -0.05) is 30.3 Å². The van der Waals surface area contributed by atoms with Gasteiger partial charge in [-0.05, 0) is 19.4 Å². The van der Waals surface area contributed by atoms with Gasteiger partial charge in [-0.3, -0.25) is 0 Å². The Hall–Kier alpha value is -2.37. The third-order valence-electron chi connectivity index (χ3n) is 2.97. The van der Waals surface area contributed by atoms with E-state index in [9.17, 15) is 4.79 Å². The summed E-state index contributed by atoms with van der Waals surface area (Å²) >= 11 is 0. The van der Waals surface area contributed by atoms with E-state index in [0.717, 1.165) is 11.3 Å². The Kier molecular flexibility index (Phi) is 4.34. The molecule has 2 aromatic rings. The molecule has 1 heterocycles. The monoisotopic (exact) mass is 275 g/mol. The van der Waals surface area contributed by atoms with Crippen molar-refractivity contribution >= 4 is 5.97 Å². The fourth-order valence-corrected chi connectivity index (χ4v) is 2.07. The summed E-state index contributed by atoms with van der Waals surface area (Å²) in [5, 5.41) is 16.7. The number of hydrogen-bond donors (Lipinski definition) is 1. The van der Waals surface area contributed by atoms with Crippen LogP contribution in [0.4, 0.5) is 0 Å².